The van der Waals surface area contributed by atoms with Crippen molar-refractivity contribution in [2.45, 2.75) is 46.1 Å². The van der Waals surface area contributed by atoms with Gasteiger partial charge in [0.15, 0.2) is 0 Å². The van der Waals surface area contributed by atoms with Gasteiger partial charge in [0.2, 0.25) is 0 Å². The summed E-state index contributed by atoms with van der Waals surface area (Å²) in [4.78, 5) is 10.3. The first-order chi connectivity index (χ1) is 9.75. The van der Waals surface area contributed by atoms with Crippen LogP contribution in [-0.4, -0.2) is 11.0 Å². The van der Waals surface area contributed by atoms with E-state index in [1.165, 1.54) is 25.0 Å². The zero-order chi connectivity index (χ0) is 15.4. The molecule has 0 amide bonds. The summed E-state index contributed by atoms with van der Waals surface area (Å²) in [5, 5.41) is 10.8. The summed E-state index contributed by atoms with van der Waals surface area (Å²) >= 11 is 0. The summed E-state index contributed by atoms with van der Waals surface area (Å²) in [5.41, 5.74) is 6.67. The van der Waals surface area contributed by atoms with Gasteiger partial charge in [-0.05, 0) is 36.7 Å². The SMILES string of the molecule is CC1(C)C2CCC1(C)C(Oc1ccc([N+](=O)[O-])cc1N)C2. The van der Waals surface area contributed by atoms with Crippen LogP contribution in [0.3, 0.4) is 0 Å². The van der Waals surface area contributed by atoms with Gasteiger partial charge in [0.1, 0.15) is 11.9 Å². The van der Waals surface area contributed by atoms with Crippen molar-refractivity contribution in [1.29, 1.82) is 0 Å². The molecule has 2 bridgehead atoms. The van der Waals surface area contributed by atoms with Gasteiger partial charge in [0.25, 0.3) is 5.69 Å². The molecule has 0 aliphatic heterocycles. The first-order valence-electron chi connectivity index (χ1n) is 7.46. The van der Waals surface area contributed by atoms with Gasteiger partial charge in [-0.25, -0.2) is 0 Å². The molecule has 21 heavy (non-hydrogen) atoms. The Hall–Kier alpha value is -1.78. The van der Waals surface area contributed by atoms with Crippen molar-refractivity contribution in [1.82, 2.24) is 0 Å². The number of ether oxygens (including phenoxy) is 1. The van der Waals surface area contributed by atoms with E-state index >= 15 is 0 Å². The van der Waals surface area contributed by atoms with Gasteiger partial charge >= 0.3 is 0 Å². The average Bonchev–Trinajstić information content (AvgIpc) is 2.74. The van der Waals surface area contributed by atoms with E-state index in [-0.39, 0.29) is 22.6 Å². The molecule has 1 aromatic rings. The molecule has 0 spiro atoms. The van der Waals surface area contributed by atoms with Crippen molar-refractivity contribution in [2.75, 3.05) is 5.73 Å². The number of hydrogen-bond donors (Lipinski definition) is 1. The minimum absolute atomic E-state index is 0.000616. The molecular weight excluding hydrogens is 268 g/mol. The van der Waals surface area contributed by atoms with Gasteiger partial charge < -0.3 is 10.5 Å². The zero-order valence-corrected chi connectivity index (χ0v) is 12.8. The number of nitro benzene ring substituents is 1. The Morgan fingerprint density at radius 1 is 1.38 bits per heavy atom. The van der Waals surface area contributed by atoms with Gasteiger partial charge in [-0.15, -0.1) is 0 Å². The van der Waals surface area contributed by atoms with Crippen LogP contribution in [0.15, 0.2) is 18.2 Å². The van der Waals surface area contributed by atoms with E-state index in [1.807, 2.05) is 0 Å². The molecule has 2 aliphatic carbocycles. The lowest BCUT2D eigenvalue weighted by molar-refractivity contribution is -0.384. The molecule has 0 aromatic heterocycles. The number of anilines is 1. The second-order valence-electron chi connectivity index (χ2n) is 7.20. The van der Waals surface area contributed by atoms with Crippen molar-refractivity contribution in [2.24, 2.45) is 16.7 Å². The third kappa shape index (κ3) is 1.90. The first kappa shape index (κ1) is 14.2. The van der Waals surface area contributed by atoms with E-state index in [0.29, 0.717) is 17.4 Å². The van der Waals surface area contributed by atoms with E-state index < -0.39 is 4.92 Å². The summed E-state index contributed by atoms with van der Waals surface area (Å²) < 4.78 is 6.17. The maximum atomic E-state index is 10.8. The van der Waals surface area contributed by atoms with Crippen LogP contribution in [0.1, 0.15) is 40.0 Å². The zero-order valence-electron chi connectivity index (χ0n) is 12.8. The highest BCUT2D eigenvalue weighted by Gasteiger charge is 2.62. The summed E-state index contributed by atoms with van der Waals surface area (Å²) in [5.74, 6) is 1.25. The Kier molecular flexibility index (Phi) is 2.94. The number of nitro groups is 1. The summed E-state index contributed by atoms with van der Waals surface area (Å²) in [6.07, 6.45) is 3.61. The molecule has 2 N–H and O–H groups in total. The molecular formula is C16H22N2O3. The van der Waals surface area contributed by atoms with Gasteiger partial charge in [0, 0.05) is 17.5 Å². The fourth-order valence-corrected chi connectivity index (χ4v) is 4.22. The van der Waals surface area contributed by atoms with Gasteiger partial charge in [-0.2, -0.15) is 0 Å². The third-order valence-corrected chi connectivity index (χ3v) is 6.19. The van der Waals surface area contributed by atoms with Crippen molar-refractivity contribution >= 4 is 11.4 Å². The van der Waals surface area contributed by atoms with Crippen molar-refractivity contribution in [3.8, 4) is 5.75 Å². The molecule has 3 rings (SSSR count). The molecule has 0 heterocycles. The van der Waals surface area contributed by atoms with Crippen LogP contribution in [-0.2, 0) is 0 Å². The smallest absolute Gasteiger partial charge is 0.271 e. The highest BCUT2D eigenvalue weighted by Crippen LogP contribution is 2.66. The molecule has 2 saturated carbocycles. The number of hydrogen-bond acceptors (Lipinski definition) is 4. The van der Waals surface area contributed by atoms with Crippen LogP contribution >= 0.6 is 0 Å². The number of nitrogen functional groups attached to an aromatic ring is 1. The molecule has 114 valence electrons. The lowest BCUT2D eigenvalue weighted by Crippen LogP contribution is -2.39. The highest BCUT2D eigenvalue weighted by atomic mass is 16.6. The fourth-order valence-electron chi connectivity index (χ4n) is 4.22. The molecule has 0 radical (unpaired) electrons. The predicted octanol–water partition coefficient (Wildman–Crippen LogP) is 3.77. The number of rotatable bonds is 3. The lowest BCUT2D eigenvalue weighted by atomic mass is 9.70. The van der Waals surface area contributed by atoms with Crippen molar-refractivity contribution < 1.29 is 9.66 Å². The third-order valence-electron chi connectivity index (χ3n) is 6.19. The number of non-ortho nitro benzene ring substituents is 1. The molecule has 3 unspecified atom stereocenters. The fraction of sp³-hybridized carbons (Fsp3) is 0.625. The Morgan fingerprint density at radius 2 is 2.10 bits per heavy atom. The van der Waals surface area contributed by atoms with E-state index in [2.05, 4.69) is 20.8 Å². The monoisotopic (exact) mass is 290 g/mol. The Balaban J connectivity index is 1.84. The largest absolute Gasteiger partial charge is 0.488 e. The van der Waals surface area contributed by atoms with Gasteiger partial charge in [-0.3, -0.25) is 10.1 Å². The molecule has 3 atom stereocenters. The minimum Gasteiger partial charge on any atom is -0.488 e. The molecule has 0 saturated heterocycles. The molecule has 5 nitrogen and oxygen atoms in total. The lowest BCUT2D eigenvalue weighted by Gasteiger charge is -2.39. The van der Waals surface area contributed by atoms with E-state index in [4.69, 9.17) is 10.5 Å². The van der Waals surface area contributed by atoms with Crippen LogP contribution < -0.4 is 10.5 Å². The average molecular weight is 290 g/mol. The van der Waals surface area contributed by atoms with E-state index in [9.17, 15) is 10.1 Å². The number of nitrogens with two attached hydrogens (primary N) is 1. The summed E-state index contributed by atoms with van der Waals surface area (Å²) in [7, 11) is 0. The van der Waals surface area contributed by atoms with Gasteiger partial charge in [0.05, 0.1) is 10.6 Å². The number of nitrogens with zero attached hydrogens (tertiary/aromatic N) is 1. The quantitative estimate of drug-likeness (QED) is 0.522. The van der Waals surface area contributed by atoms with Crippen LogP contribution in [0, 0.1) is 26.9 Å². The topological polar surface area (TPSA) is 78.4 Å². The van der Waals surface area contributed by atoms with Crippen molar-refractivity contribution in [3.63, 3.8) is 0 Å². The van der Waals surface area contributed by atoms with E-state index in [0.717, 1.165) is 6.42 Å². The van der Waals surface area contributed by atoms with Crippen molar-refractivity contribution in [3.05, 3.63) is 28.3 Å². The Labute approximate surface area is 124 Å². The predicted molar refractivity (Wildman–Crippen MR) is 81.2 cm³/mol. The normalized spacial score (nSPS) is 33.1. The maximum absolute atomic E-state index is 10.8. The van der Waals surface area contributed by atoms with Crippen LogP contribution in [0.5, 0.6) is 5.75 Å². The maximum Gasteiger partial charge on any atom is 0.271 e. The second-order valence-corrected chi connectivity index (χ2v) is 7.20. The molecule has 5 heteroatoms. The minimum atomic E-state index is -0.442. The number of fused-ring (bicyclic) bond motifs is 2. The second kappa shape index (κ2) is 4.36. The Bertz CT molecular complexity index is 599. The molecule has 1 aromatic carbocycles. The first-order valence-corrected chi connectivity index (χ1v) is 7.46. The summed E-state index contributed by atoms with van der Waals surface area (Å²) in [6, 6.07) is 4.44. The van der Waals surface area contributed by atoms with Crippen LogP contribution in [0.25, 0.3) is 0 Å². The number of benzene rings is 1. The van der Waals surface area contributed by atoms with Crippen LogP contribution in [0.4, 0.5) is 11.4 Å². The summed E-state index contributed by atoms with van der Waals surface area (Å²) in [6.45, 7) is 6.95. The standard InChI is InChI=1S/C16H22N2O3/c1-15(2)10-6-7-16(15,3)14(8-10)21-13-5-4-11(18(19)20)9-12(13)17/h4-5,9-10,14H,6-8,17H2,1-3H3. The molecule has 2 fully saturated rings. The van der Waals surface area contributed by atoms with Gasteiger partial charge in [-0.1, -0.05) is 20.8 Å². The molecule has 2 aliphatic rings. The van der Waals surface area contributed by atoms with Crippen LogP contribution in [0.2, 0.25) is 0 Å². The Morgan fingerprint density at radius 3 is 2.57 bits per heavy atom. The highest BCUT2D eigenvalue weighted by molar-refractivity contribution is 5.58. The van der Waals surface area contributed by atoms with E-state index in [1.54, 1.807) is 6.07 Å².